The first-order valence-electron chi connectivity index (χ1n) is 8.68. The molecule has 3 heterocycles. The van der Waals surface area contributed by atoms with Crippen LogP contribution in [0.5, 0.6) is 0 Å². The first-order valence-corrected chi connectivity index (χ1v) is 8.68. The van der Waals surface area contributed by atoms with Gasteiger partial charge in [0.05, 0.1) is 11.6 Å². The Bertz CT molecular complexity index is 800. The van der Waals surface area contributed by atoms with Gasteiger partial charge in [0.25, 0.3) is 0 Å². The van der Waals surface area contributed by atoms with Crippen LogP contribution in [0.1, 0.15) is 29.8 Å². The maximum atomic E-state index is 12.3. The van der Waals surface area contributed by atoms with Gasteiger partial charge in [-0.2, -0.15) is 5.10 Å². The van der Waals surface area contributed by atoms with Crippen molar-refractivity contribution >= 4 is 12.0 Å². The van der Waals surface area contributed by atoms with Crippen LogP contribution in [0.25, 0.3) is 5.82 Å². The van der Waals surface area contributed by atoms with Gasteiger partial charge in [-0.05, 0) is 44.4 Å². The Balaban J connectivity index is 1.57. The maximum absolute atomic E-state index is 12.3. The molecule has 2 amide bonds. The number of pyridine rings is 1. The summed E-state index contributed by atoms with van der Waals surface area (Å²) in [7, 11) is 0. The van der Waals surface area contributed by atoms with Gasteiger partial charge in [0.15, 0.2) is 5.82 Å². The number of carboxylic acids is 1. The van der Waals surface area contributed by atoms with E-state index in [4.69, 9.17) is 5.11 Å². The second-order valence-corrected chi connectivity index (χ2v) is 6.65. The minimum absolute atomic E-state index is 0.237. The number of urea groups is 1. The normalized spacial score (nSPS) is 17.2. The van der Waals surface area contributed by atoms with Gasteiger partial charge in [0.1, 0.15) is 0 Å². The first-order chi connectivity index (χ1) is 12.4. The zero-order chi connectivity index (χ0) is 18.7. The number of nitrogens with zero attached hydrogens (tertiary/aromatic N) is 4. The lowest BCUT2D eigenvalue weighted by molar-refractivity contribution is -0.143. The van der Waals surface area contributed by atoms with E-state index in [1.807, 2.05) is 32.0 Å². The molecule has 0 radical (unpaired) electrons. The summed E-state index contributed by atoms with van der Waals surface area (Å²) in [6, 6.07) is 5.51. The molecule has 138 valence electrons. The lowest BCUT2D eigenvalue weighted by atomic mass is 9.99. The second-order valence-electron chi connectivity index (χ2n) is 6.65. The van der Waals surface area contributed by atoms with Crippen LogP contribution in [-0.4, -0.2) is 49.9 Å². The minimum atomic E-state index is -0.841. The monoisotopic (exact) mass is 357 g/mol. The third kappa shape index (κ3) is 4.01. The highest BCUT2D eigenvalue weighted by Gasteiger charge is 2.27. The van der Waals surface area contributed by atoms with Crippen LogP contribution < -0.4 is 5.32 Å². The topological polar surface area (TPSA) is 100 Å². The third-order valence-electron chi connectivity index (χ3n) is 4.54. The van der Waals surface area contributed by atoms with Crippen LogP contribution in [0.2, 0.25) is 0 Å². The molecule has 1 aliphatic heterocycles. The molecule has 1 fully saturated rings. The first kappa shape index (κ1) is 17.9. The van der Waals surface area contributed by atoms with Crippen molar-refractivity contribution in [3.05, 3.63) is 41.3 Å². The van der Waals surface area contributed by atoms with E-state index in [0.717, 1.165) is 22.8 Å². The molecule has 0 bridgehead atoms. The summed E-state index contributed by atoms with van der Waals surface area (Å²) in [4.78, 5) is 29.3. The Morgan fingerprint density at radius 1 is 1.35 bits per heavy atom. The predicted molar refractivity (Wildman–Crippen MR) is 95.0 cm³/mol. The summed E-state index contributed by atoms with van der Waals surface area (Å²) in [5.41, 5.74) is 2.81. The number of nitrogens with one attached hydrogen (secondary N) is 1. The van der Waals surface area contributed by atoms with Crippen molar-refractivity contribution in [2.24, 2.45) is 5.92 Å². The van der Waals surface area contributed by atoms with Gasteiger partial charge in [-0.15, -0.1) is 0 Å². The van der Waals surface area contributed by atoms with E-state index in [1.54, 1.807) is 15.8 Å². The van der Waals surface area contributed by atoms with Gasteiger partial charge in [0, 0.05) is 31.5 Å². The molecule has 1 aliphatic rings. The number of aliphatic carboxylic acids is 1. The van der Waals surface area contributed by atoms with Gasteiger partial charge in [-0.1, -0.05) is 6.07 Å². The molecule has 8 heteroatoms. The maximum Gasteiger partial charge on any atom is 0.317 e. The number of hydrogen-bond donors (Lipinski definition) is 2. The van der Waals surface area contributed by atoms with E-state index in [0.29, 0.717) is 25.9 Å². The Morgan fingerprint density at radius 2 is 2.15 bits per heavy atom. The molecular weight excluding hydrogens is 334 g/mol. The summed E-state index contributed by atoms with van der Waals surface area (Å²) >= 11 is 0. The number of amides is 2. The predicted octanol–water partition coefficient (Wildman–Crippen LogP) is 1.89. The number of carbonyl (C=O) groups excluding carboxylic acids is 1. The molecular formula is C18H23N5O3. The summed E-state index contributed by atoms with van der Waals surface area (Å²) in [6.07, 6.45) is 3.04. The molecule has 1 atom stereocenters. The van der Waals surface area contributed by atoms with Crippen LogP contribution in [-0.2, 0) is 11.3 Å². The number of aryl methyl sites for hydroxylation is 2. The van der Waals surface area contributed by atoms with E-state index in [2.05, 4.69) is 15.4 Å². The van der Waals surface area contributed by atoms with Gasteiger partial charge in [-0.3, -0.25) is 4.79 Å². The van der Waals surface area contributed by atoms with Crippen molar-refractivity contribution in [3.8, 4) is 5.82 Å². The average Bonchev–Trinajstić information content (AvgIpc) is 2.98. The van der Waals surface area contributed by atoms with Crippen LogP contribution in [0.15, 0.2) is 24.4 Å². The minimum Gasteiger partial charge on any atom is -0.481 e. The summed E-state index contributed by atoms with van der Waals surface area (Å²) in [5.74, 6) is -0.589. The van der Waals surface area contributed by atoms with Crippen molar-refractivity contribution in [1.29, 1.82) is 0 Å². The Labute approximate surface area is 151 Å². The van der Waals surface area contributed by atoms with E-state index >= 15 is 0 Å². The molecule has 1 unspecified atom stereocenters. The fourth-order valence-electron chi connectivity index (χ4n) is 3.16. The molecule has 2 aromatic heterocycles. The average molecular weight is 357 g/mol. The van der Waals surface area contributed by atoms with E-state index in [1.165, 1.54) is 0 Å². The summed E-state index contributed by atoms with van der Waals surface area (Å²) in [6.45, 7) is 5.10. The van der Waals surface area contributed by atoms with Crippen molar-refractivity contribution in [1.82, 2.24) is 25.0 Å². The van der Waals surface area contributed by atoms with Crippen molar-refractivity contribution in [2.75, 3.05) is 13.1 Å². The number of piperidine rings is 1. The number of likely N-dealkylation sites (tertiary alicyclic amines) is 1. The third-order valence-corrected chi connectivity index (χ3v) is 4.54. The highest BCUT2D eigenvalue weighted by atomic mass is 16.4. The van der Waals surface area contributed by atoms with Gasteiger partial charge >= 0.3 is 12.0 Å². The zero-order valence-electron chi connectivity index (χ0n) is 15.0. The molecule has 3 rings (SSSR count). The number of carboxylic acid groups (broad SMARTS) is 1. The van der Waals surface area contributed by atoms with Crippen LogP contribution >= 0.6 is 0 Å². The van der Waals surface area contributed by atoms with Gasteiger partial charge in [-0.25, -0.2) is 14.5 Å². The van der Waals surface area contributed by atoms with Crippen LogP contribution in [0.3, 0.4) is 0 Å². The second kappa shape index (κ2) is 7.55. The fourth-order valence-corrected chi connectivity index (χ4v) is 3.16. The Morgan fingerprint density at radius 3 is 2.77 bits per heavy atom. The quantitative estimate of drug-likeness (QED) is 0.870. The Kier molecular flexibility index (Phi) is 5.20. The van der Waals surface area contributed by atoms with Crippen LogP contribution in [0.4, 0.5) is 4.79 Å². The summed E-state index contributed by atoms with van der Waals surface area (Å²) in [5, 5.41) is 16.3. The molecule has 2 N–H and O–H groups in total. The van der Waals surface area contributed by atoms with Gasteiger partial charge in [0.2, 0.25) is 0 Å². The molecule has 2 aromatic rings. The standard InChI is InChI=1S/C18H23N5O3/c1-12-8-13(2)23(21-12)16-6-5-14(9-19-16)10-20-18(26)22-7-3-4-15(11-22)17(24)25/h5-6,8-9,15H,3-4,7,10-11H2,1-2H3,(H,20,26)(H,24,25). The molecule has 8 nitrogen and oxygen atoms in total. The fraction of sp³-hybridized carbons (Fsp3) is 0.444. The highest BCUT2D eigenvalue weighted by Crippen LogP contribution is 2.16. The molecule has 0 aromatic carbocycles. The van der Waals surface area contributed by atoms with Crippen molar-refractivity contribution in [2.45, 2.75) is 33.2 Å². The number of aromatic nitrogens is 3. The Hall–Kier alpha value is -2.90. The largest absolute Gasteiger partial charge is 0.481 e. The molecule has 0 aliphatic carbocycles. The number of hydrogen-bond acceptors (Lipinski definition) is 4. The van der Waals surface area contributed by atoms with E-state index in [9.17, 15) is 9.59 Å². The lowest BCUT2D eigenvalue weighted by Gasteiger charge is -2.30. The number of rotatable bonds is 4. The smallest absolute Gasteiger partial charge is 0.317 e. The van der Waals surface area contributed by atoms with Crippen LogP contribution in [0, 0.1) is 19.8 Å². The van der Waals surface area contributed by atoms with E-state index in [-0.39, 0.29) is 12.6 Å². The molecule has 1 saturated heterocycles. The van der Waals surface area contributed by atoms with Gasteiger partial charge < -0.3 is 15.3 Å². The zero-order valence-corrected chi connectivity index (χ0v) is 15.0. The highest BCUT2D eigenvalue weighted by molar-refractivity contribution is 5.76. The van der Waals surface area contributed by atoms with Crippen molar-refractivity contribution in [3.63, 3.8) is 0 Å². The molecule has 0 spiro atoms. The SMILES string of the molecule is Cc1cc(C)n(-c2ccc(CNC(=O)N3CCCC(C(=O)O)C3)cn2)n1. The summed E-state index contributed by atoms with van der Waals surface area (Å²) < 4.78 is 1.78. The molecule has 0 saturated carbocycles. The van der Waals surface area contributed by atoms with Crippen molar-refractivity contribution < 1.29 is 14.7 Å². The lowest BCUT2D eigenvalue weighted by Crippen LogP contribution is -2.46. The number of carbonyl (C=O) groups is 2. The molecule has 26 heavy (non-hydrogen) atoms. The van der Waals surface area contributed by atoms with E-state index < -0.39 is 11.9 Å².